The van der Waals surface area contributed by atoms with E-state index in [0.717, 1.165) is 14.7 Å². The third-order valence-electron chi connectivity index (χ3n) is 2.27. The quantitative estimate of drug-likeness (QED) is 0.732. The van der Waals surface area contributed by atoms with Gasteiger partial charge < -0.3 is 0 Å². The van der Waals surface area contributed by atoms with Crippen LogP contribution >= 0.6 is 38.5 Å². The average molecular weight is 377 g/mol. The van der Waals surface area contributed by atoms with Gasteiger partial charge in [-0.2, -0.15) is 5.10 Å². The van der Waals surface area contributed by atoms with Crippen molar-refractivity contribution in [1.29, 1.82) is 0 Å². The molecule has 2 rings (SSSR count). The topological polar surface area (TPSA) is 17.8 Å². The summed E-state index contributed by atoms with van der Waals surface area (Å²) in [5, 5.41) is 4.40. The second-order valence-electron chi connectivity index (χ2n) is 3.39. The zero-order chi connectivity index (χ0) is 10.8. The fourth-order valence-electron chi connectivity index (χ4n) is 1.42. The third-order valence-corrected chi connectivity index (χ3v) is 4.39. The lowest BCUT2D eigenvalue weighted by atomic mass is 10.1. The zero-order valence-electron chi connectivity index (χ0n) is 8.24. The van der Waals surface area contributed by atoms with Crippen LogP contribution in [0.1, 0.15) is 11.1 Å². The molecule has 78 valence electrons. The summed E-state index contributed by atoms with van der Waals surface area (Å²) in [6.07, 6.45) is 2.01. The first-order valence-electron chi connectivity index (χ1n) is 4.60. The highest BCUT2D eigenvalue weighted by Gasteiger charge is 2.04. The number of halogens is 2. The summed E-state index contributed by atoms with van der Waals surface area (Å²) in [6, 6.07) is 8.38. The second-order valence-corrected chi connectivity index (χ2v) is 5.27. The molecule has 0 aliphatic heterocycles. The van der Waals surface area contributed by atoms with Gasteiger partial charge in [-0.05, 0) is 56.6 Å². The van der Waals surface area contributed by atoms with E-state index in [1.165, 1.54) is 11.1 Å². The van der Waals surface area contributed by atoms with Gasteiger partial charge in [-0.1, -0.05) is 24.3 Å². The van der Waals surface area contributed by atoms with E-state index in [0.29, 0.717) is 0 Å². The molecule has 0 fully saturated rings. The van der Waals surface area contributed by atoms with Gasteiger partial charge >= 0.3 is 0 Å². The molecule has 0 saturated carbocycles. The standard InChI is InChI=1S/C11H10BrIN2/c1-8-4-2-3-5-9(8)6-15-7-10(12)11(13)14-15/h2-5,7H,6H2,1H3. The Morgan fingerprint density at radius 3 is 2.73 bits per heavy atom. The van der Waals surface area contributed by atoms with Crippen LogP contribution in [0.25, 0.3) is 0 Å². The van der Waals surface area contributed by atoms with Crippen molar-refractivity contribution in [3.05, 3.63) is 49.8 Å². The van der Waals surface area contributed by atoms with E-state index < -0.39 is 0 Å². The van der Waals surface area contributed by atoms with Crippen LogP contribution in [-0.2, 0) is 6.54 Å². The number of hydrogen-bond acceptors (Lipinski definition) is 1. The van der Waals surface area contributed by atoms with Gasteiger partial charge in [-0.25, -0.2) is 0 Å². The van der Waals surface area contributed by atoms with Gasteiger partial charge in [0.1, 0.15) is 3.70 Å². The molecule has 0 saturated heterocycles. The molecule has 0 N–H and O–H groups in total. The Kier molecular flexibility index (Phi) is 3.45. The molecule has 0 spiro atoms. The lowest BCUT2D eigenvalue weighted by Crippen LogP contribution is -2.01. The maximum Gasteiger partial charge on any atom is 0.137 e. The molecule has 0 radical (unpaired) electrons. The van der Waals surface area contributed by atoms with Crippen LogP contribution in [0.5, 0.6) is 0 Å². The number of nitrogens with zero attached hydrogens (tertiary/aromatic N) is 2. The van der Waals surface area contributed by atoms with Crippen LogP contribution in [0.3, 0.4) is 0 Å². The van der Waals surface area contributed by atoms with E-state index >= 15 is 0 Å². The Morgan fingerprint density at radius 1 is 1.40 bits per heavy atom. The fourth-order valence-corrected chi connectivity index (χ4v) is 2.15. The first-order valence-corrected chi connectivity index (χ1v) is 6.47. The lowest BCUT2D eigenvalue weighted by molar-refractivity contribution is 0.678. The molecular weight excluding hydrogens is 367 g/mol. The second kappa shape index (κ2) is 4.65. The van der Waals surface area contributed by atoms with Gasteiger partial charge in [0.2, 0.25) is 0 Å². The minimum absolute atomic E-state index is 0.828. The average Bonchev–Trinajstić information content (AvgIpc) is 2.50. The highest BCUT2D eigenvalue weighted by molar-refractivity contribution is 14.1. The molecule has 0 aliphatic rings. The maximum absolute atomic E-state index is 4.40. The minimum atomic E-state index is 0.828. The van der Waals surface area contributed by atoms with E-state index in [1.54, 1.807) is 0 Å². The van der Waals surface area contributed by atoms with Crippen molar-refractivity contribution in [2.45, 2.75) is 13.5 Å². The first-order chi connectivity index (χ1) is 7.16. The predicted molar refractivity (Wildman–Crippen MR) is 72.9 cm³/mol. The van der Waals surface area contributed by atoms with Crippen LogP contribution in [0.15, 0.2) is 34.9 Å². The lowest BCUT2D eigenvalue weighted by Gasteiger charge is -2.04. The van der Waals surface area contributed by atoms with E-state index in [1.807, 2.05) is 10.9 Å². The molecule has 0 unspecified atom stereocenters. The Labute approximate surface area is 111 Å². The molecule has 15 heavy (non-hydrogen) atoms. The zero-order valence-corrected chi connectivity index (χ0v) is 12.0. The predicted octanol–water partition coefficient (Wildman–Crippen LogP) is 3.61. The van der Waals surface area contributed by atoms with Gasteiger partial charge in [0.15, 0.2) is 0 Å². The van der Waals surface area contributed by atoms with Crippen LogP contribution in [0, 0.1) is 10.6 Å². The molecule has 1 heterocycles. The van der Waals surface area contributed by atoms with Gasteiger partial charge in [0.05, 0.1) is 11.0 Å². The van der Waals surface area contributed by atoms with Crippen molar-refractivity contribution in [3.63, 3.8) is 0 Å². The van der Waals surface area contributed by atoms with Crippen LogP contribution < -0.4 is 0 Å². The van der Waals surface area contributed by atoms with E-state index in [4.69, 9.17) is 0 Å². The molecule has 2 nitrogen and oxygen atoms in total. The van der Waals surface area contributed by atoms with Crippen LogP contribution in [0.2, 0.25) is 0 Å². The number of hydrogen-bond donors (Lipinski definition) is 0. The number of rotatable bonds is 2. The SMILES string of the molecule is Cc1ccccc1Cn1cc(Br)c(I)n1. The molecule has 2 aromatic rings. The van der Waals surface area contributed by atoms with E-state index in [9.17, 15) is 0 Å². The molecular formula is C11H10BrIN2. The summed E-state index contributed by atoms with van der Waals surface area (Å²) in [4.78, 5) is 0. The summed E-state index contributed by atoms with van der Waals surface area (Å²) < 4.78 is 4.01. The normalized spacial score (nSPS) is 10.6. The van der Waals surface area contributed by atoms with E-state index in [-0.39, 0.29) is 0 Å². The summed E-state index contributed by atoms with van der Waals surface area (Å²) >= 11 is 5.67. The number of aryl methyl sites for hydroxylation is 1. The van der Waals surface area contributed by atoms with Crippen molar-refractivity contribution in [3.8, 4) is 0 Å². The Bertz CT molecular complexity index is 460. The summed E-state index contributed by atoms with van der Waals surface area (Å²) in [6.45, 7) is 2.95. The molecule has 1 aromatic carbocycles. The number of benzene rings is 1. The van der Waals surface area contributed by atoms with Gasteiger partial charge in [-0.3, -0.25) is 4.68 Å². The molecule has 0 bridgehead atoms. The van der Waals surface area contributed by atoms with Crippen molar-refractivity contribution in [2.75, 3.05) is 0 Å². The van der Waals surface area contributed by atoms with Crippen molar-refractivity contribution >= 4 is 38.5 Å². The molecule has 0 aliphatic carbocycles. The van der Waals surface area contributed by atoms with Crippen LogP contribution in [0.4, 0.5) is 0 Å². The minimum Gasteiger partial charge on any atom is -0.266 e. The summed E-state index contributed by atoms with van der Waals surface area (Å²) in [5.41, 5.74) is 2.61. The molecule has 0 atom stereocenters. The van der Waals surface area contributed by atoms with E-state index in [2.05, 4.69) is 74.8 Å². The maximum atomic E-state index is 4.40. The highest BCUT2D eigenvalue weighted by Crippen LogP contribution is 2.18. The molecule has 4 heteroatoms. The Morgan fingerprint density at radius 2 is 2.13 bits per heavy atom. The Balaban J connectivity index is 2.26. The Hall–Kier alpha value is -0.360. The highest BCUT2D eigenvalue weighted by atomic mass is 127. The van der Waals surface area contributed by atoms with Crippen LogP contribution in [-0.4, -0.2) is 9.78 Å². The van der Waals surface area contributed by atoms with Gasteiger partial charge in [0, 0.05) is 6.20 Å². The number of aromatic nitrogens is 2. The largest absolute Gasteiger partial charge is 0.266 e. The molecule has 0 amide bonds. The molecule has 1 aromatic heterocycles. The fraction of sp³-hybridized carbons (Fsp3) is 0.182. The monoisotopic (exact) mass is 376 g/mol. The summed E-state index contributed by atoms with van der Waals surface area (Å²) in [7, 11) is 0. The van der Waals surface area contributed by atoms with Crippen molar-refractivity contribution < 1.29 is 0 Å². The van der Waals surface area contributed by atoms with Crippen molar-refractivity contribution in [2.24, 2.45) is 0 Å². The van der Waals surface area contributed by atoms with Gasteiger partial charge in [-0.15, -0.1) is 0 Å². The third kappa shape index (κ3) is 2.60. The van der Waals surface area contributed by atoms with Gasteiger partial charge in [0.25, 0.3) is 0 Å². The summed E-state index contributed by atoms with van der Waals surface area (Å²) in [5.74, 6) is 0. The first kappa shape index (κ1) is 11.1. The smallest absolute Gasteiger partial charge is 0.137 e. The van der Waals surface area contributed by atoms with Crippen molar-refractivity contribution in [1.82, 2.24) is 9.78 Å².